The van der Waals surface area contributed by atoms with Gasteiger partial charge in [-0.1, -0.05) is 6.92 Å². The van der Waals surface area contributed by atoms with E-state index in [1.807, 2.05) is 14.0 Å². The molecular weight excluding hydrogens is 214 g/mol. The summed E-state index contributed by atoms with van der Waals surface area (Å²) in [6.07, 6.45) is 2.53. The van der Waals surface area contributed by atoms with Gasteiger partial charge in [-0.25, -0.2) is 14.5 Å². The monoisotopic (exact) mass is 225 g/mol. The Morgan fingerprint density at radius 3 is 2.80 bits per heavy atom. The molecule has 0 spiro atoms. The molecule has 0 fully saturated rings. The minimum atomic E-state index is -0.275. The Labute approximate surface area is 90.5 Å². The van der Waals surface area contributed by atoms with Gasteiger partial charge in [0.2, 0.25) is 4.77 Å². The molecule has 0 atom stereocenters. The number of nitrogens with one attached hydrogen (secondary N) is 2. The van der Waals surface area contributed by atoms with Gasteiger partial charge in [0, 0.05) is 13.2 Å². The van der Waals surface area contributed by atoms with Crippen LogP contribution >= 0.6 is 12.2 Å². The van der Waals surface area contributed by atoms with Crippen LogP contribution in [0.5, 0.6) is 0 Å². The van der Waals surface area contributed by atoms with E-state index < -0.39 is 0 Å². The summed E-state index contributed by atoms with van der Waals surface area (Å²) in [6.45, 7) is 1.98. The third-order valence-corrected chi connectivity index (χ3v) is 2.43. The predicted molar refractivity (Wildman–Crippen MR) is 57.7 cm³/mol. The Hall–Kier alpha value is -1.63. The maximum Gasteiger partial charge on any atom is 0.347 e. The van der Waals surface area contributed by atoms with Crippen molar-refractivity contribution >= 4 is 12.2 Å². The normalized spacial score (nSPS) is 10.8. The minimum absolute atomic E-state index is 0.275. The maximum atomic E-state index is 11.5. The molecule has 6 nitrogen and oxygen atoms in total. The van der Waals surface area contributed by atoms with Crippen molar-refractivity contribution in [2.75, 3.05) is 0 Å². The second-order valence-corrected chi connectivity index (χ2v) is 3.57. The van der Waals surface area contributed by atoms with E-state index in [1.165, 1.54) is 4.57 Å². The first kappa shape index (κ1) is 9.91. The van der Waals surface area contributed by atoms with Crippen molar-refractivity contribution in [2.45, 2.75) is 13.3 Å². The highest BCUT2D eigenvalue weighted by molar-refractivity contribution is 7.71. The first-order chi connectivity index (χ1) is 7.13. The molecule has 2 N–H and O–H groups in total. The van der Waals surface area contributed by atoms with Crippen molar-refractivity contribution < 1.29 is 0 Å². The third-order valence-electron chi connectivity index (χ3n) is 2.14. The van der Waals surface area contributed by atoms with E-state index in [0.717, 1.165) is 17.8 Å². The molecule has 2 rings (SSSR count). The Balaban J connectivity index is 2.73. The Morgan fingerprint density at radius 2 is 2.27 bits per heavy atom. The van der Waals surface area contributed by atoms with Crippen molar-refractivity contribution in [3.63, 3.8) is 0 Å². The number of H-pyrrole nitrogens is 2. The van der Waals surface area contributed by atoms with Crippen LogP contribution in [0.1, 0.15) is 12.6 Å². The van der Waals surface area contributed by atoms with Gasteiger partial charge in [0.25, 0.3) is 0 Å². The molecule has 0 aromatic carbocycles. The summed E-state index contributed by atoms with van der Waals surface area (Å²) in [7, 11) is 1.81. The first-order valence-corrected chi connectivity index (χ1v) is 4.97. The highest BCUT2D eigenvalue weighted by Gasteiger charge is 2.11. The zero-order chi connectivity index (χ0) is 11.0. The van der Waals surface area contributed by atoms with Gasteiger partial charge >= 0.3 is 5.69 Å². The summed E-state index contributed by atoms with van der Waals surface area (Å²) in [6, 6.07) is 0. The number of hydrogen-bond acceptors (Lipinski definition) is 3. The molecule has 7 heteroatoms. The van der Waals surface area contributed by atoms with Gasteiger partial charge in [0.1, 0.15) is 0 Å². The minimum Gasteiger partial charge on any atom is -0.273 e. The fourth-order valence-electron chi connectivity index (χ4n) is 1.49. The summed E-state index contributed by atoms with van der Waals surface area (Å²) in [5.41, 5.74) is 1.30. The van der Waals surface area contributed by atoms with Gasteiger partial charge in [0.15, 0.2) is 0 Å². The average molecular weight is 225 g/mol. The van der Waals surface area contributed by atoms with Crippen molar-refractivity contribution in [3.05, 3.63) is 27.1 Å². The second kappa shape index (κ2) is 3.50. The van der Waals surface area contributed by atoms with Crippen molar-refractivity contribution in [1.29, 1.82) is 0 Å². The zero-order valence-corrected chi connectivity index (χ0v) is 9.26. The van der Waals surface area contributed by atoms with E-state index in [2.05, 4.69) is 15.3 Å². The van der Waals surface area contributed by atoms with E-state index in [1.54, 1.807) is 10.9 Å². The fraction of sp³-hybridized carbons (Fsp3) is 0.375. The van der Waals surface area contributed by atoms with Crippen LogP contribution in [-0.4, -0.2) is 24.5 Å². The molecule has 0 saturated heterocycles. The maximum absolute atomic E-state index is 11.5. The molecule has 2 aromatic heterocycles. The fourth-order valence-corrected chi connectivity index (χ4v) is 1.72. The van der Waals surface area contributed by atoms with Crippen LogP contribution in [-0.2, 0) is 13.5 Å². The summed E-state index contributed by atoms with van der Waals surface area (Å²) >= 11 is 5.01. The molecule has 2 aromatic rings. The first-order valence-electron chi connectivity index (χ1n) is 4.56. The number of rotatable bonds is 2. The molecule has 0 amide bonds. The van der Waals surface area contributed by atoms with Gasteiger partial charge in [-0.05, 0) is 18.6 Å². The molecule has 15 heavy (non-hydrogen) atoms. The molecule has 0 aliphatic carbocycles. The van der Waals surface area contributed by atoms with Gasteiger partial charge in [0.05, 0.1) is 11.4 Å². The average Bonchev–Trinajstić information content (AvgIpc) is 2.70. The molecule has 0 unspecified atom stereocenters. The van der Waals surface area contributed by atoms with Crippen LogP contribution in [0.15, 0.2) is 11.0 Å². The van der Waals surface area contributed by atoms with Crippen molar-refractivity contribution in [3.8, 4) is 5.69 Å². The van der Waals surface area contributed by atoms with E-state index in [9.17, 15) is 4.79 Å². The Kier molecular flexibility index (Phi) is 2.31. The smallest absolute Gasteiger partial charge is 0.273 e. The van der Waals surface area contributed by atoms with Crippen LogP contribution in [0.25, 0.3) is 5.69 Å². The molecule has 0 radical (unpaired) electrons. The standard InChI is InChI=1S/C8H11N5OS/c1-3-5-6(4-12(2)11-5)13-7(14)9-10-8(13)15/h4H,3H2,1-2H3,(H,9,14)(H,10,15). The van der Waals surface area contributed by atoms with Crippen LogP contribution in [0.2, 0.25) is 0 Å². The SMILES string of the molecule is CCc1nn(C)cc1-n1c(=O)[nH][nH]c1=S. The zero-order valence-electron chi connectivity index (χ0n) is 8.44. The number of hydrogen-bond donors (Lipinski definition) is 2. The van der Waals surface area contributed by atoms with E-state index in [4.69, 9.17) is 12.2 Å². The lowest BCUT2D eigenvalue weighted by atomic mass is 10.3. The lowest BCUT2D eigenvalue weighted by Crippen LogP contribution is -2.15. The summed E-state index contributed by atoms with van der Waals surface area (Å²) < 4.78 is 3.42. The van der Waals surface area contributed by atoms with Crippen LogP contribution in [0, 0.1) is 4.77 Å². The van der Waals surface area contributed by atoms with Gasteiger partial charge < -0.3 is 0 Å². The lowest BCUT2D eigenvalue weighted by Gasteiger charge is -1.97. The van der Waals surface area contributed by atoms with Crippen LogP contribution in [0.3, 0.4) is 0 Å². The van der Waals surface area contributed by atoms with Crippen molar-refractivity contribution in [1.82, 2.24) is 24.5 Å². The molecular formula is C8H11N5OS. The highest BCUT2D eigenvalue weighted by atomic mass is 32.1. The van der Waals surface area contributed by atoms with Gasteiger partial charge in [-0.3, -0.25) is 9.78 Å². The number of aromatic nitrogens is 5. The summed E-state index contributed by atoms with van der Waals surface area (Å²) in [5.74, 6) is 0. The number of nitrogens with zero attached hydrogens (tertiary/aromatic N) is 3. The van der Waals surface area contributed by atoms with Crippen molar-refractivity contribution in [2.24, 2.45) is 7.05 Å². The predicted octanol–water partition coefficient (Wildman–Crippen LogP) is 0.519. The lowest BCUT2D eigenvalue weighted by molar-refractivity contribution is 0.746. The molecule has 0 aliphatic rings. The van der Waals surface area contributed by atoms with Gasteiger partial charge in [-0.2, -0.15) is 5.10 Å². The Bertz CT molecular complexity index is 559. The summed E-state index contributed by atoms with van der Waals surface area (Å²) in [5, 5.41) is 9.29. The largest absolute Gasteiger partial charge is 0.347 e. The molecule has 0 aliphatic heterocycles. The second-order valence-electron chi connectivity index (χ2n) is 3.18. The molecule has 0 saturated carbocycles. The van der Waals surface area contributed by atoms with E-state index in [-0.39, 0.29) is 5.69 Å². The molecule has 80 valence electrons. The number of aryl methyl sites for hydroxylation is 2. The van der Waals surface area contributed by atoms with E-state index in [0.29, 0.717) is 4.77 Å². The summed E-state index contributed by atoms with van der Waals surface area (Å²) in [4.78, 5) is 11.5. The van der Waals surface area contributed by atoms with Crippen LogP contribution in [0.4, 0.5) is 0 Å². The number of aromatic amines is 2. The van der Waals surface area contributed by atoms with Crippen LogP contribution < -0.4 is 5.69 Å². The third kappa shape index (κ3) is 1.54. The highest BCUT2D eigenvalue weighted by Crippen LogP contribution is 2.10. The Morgan fingerprint density at radius 1 is 1.53 bits per heavy atom. The van der Waals surface area contributed by atoms with Gasteiger partial charge in [-0.15, -0.1) is 0 Å². The quantitative estimate of drug-likeness (QED) is 0.732. The molecule has 2 heterocycles. The van der Waals surface area contributed by atoms with E-state index >= 15 is 0 Å². The topological polar surface area (TPSA) is 71.4 Å². The molecule has 0 bridgehead atoms.